The lowest BCUT2D eigenvalue weighted by molar-refractivity contribution is 0.210. The molecule has 0 aliphatic heterocycles. The highest BCUT2D eigenvalue weighted by atomic mass is 16.5. The highest BCUT2D eigenvalue weighted by molar-refractivity contribution is 5.89. The number of nitrogens with zero attached hydrogens (tertiary/aromatic N) is 1. The van der Waals surface area contributed by atoms with Crippen LogP contribution in [0.5, 0.6) is 5.75 Å². The van der Waals surface area contributed by atoms with E-state index in [9.17, 15) is 4.79 Å². The molecule has 4 nitrogen and oxygen atoms in total. The third kappa shape index (κ3) is 3.74. The number of ether oxygens (including phenoxy) is 1. The number of nitrogens with one attached hydrogen (secondary N) is 1. The van der Waals surface area contributed by atoms with Crippen LogP contribution in [0.3, 0.4) is 0 Å². The Morgan fingerprint density at radius 1 is 1.26 bits per heavy atom. The molecule has 1 aromatic carbocycles. The van der Waals surface area contributed by atoms with Crippen molar-refractivity contribution >= 4 is 10.8 Å². The number of hydrogen-bond acceptors (Lipinski definition) is 3. The molecule has 0 bridgehead atoms. The Kier molecular flexibility index (Phi) is 5.31. The van der Waals surface area contributed by atoms with Gasteiger partial charge in [0.25, 0.3) is 5.56 Å². The maximum Gasteiger partial charge on any atom is 0.275 e. The summed E-state index contributed by atoms with van der Waals surface area (Å²) < 4.78 is 6.05. The van der Waals surface area contributed by atoms with Gasteiger partial charge in [-0.2, -0.15) is 5.10 Å². The predicted molar refractivity (Wildman–Crippen MR) is 93.0 cm³/mol. The topological polar surface area (TPSA) is 55.0 Å². The second kappa shape index (κ2) is 7.62. The second-order valence-corrected chi connectivity index (χ2v) is 6.60. The average Bonchev–Trinajstić information content (AvgIpc) is 2.60. The first kappa shape index (κ1) is 16.0. The van der Waals surface area contributed by atoms with Gasteiger partial charge in [0, 0.05) is 5.39 Å². The molecule has 124 valence electrons. The Balaban J connectivity index is 1.86. The molecule has 0 saturated heterocycles. The van der Waals surface area contributed by atoms with Gasteiger partial charge in [0.2, 0.25) is 0 Å². The number of H-pyrrole nitrogens is 1. The predicted octanol–water partition coefficient (Wildman–Crippen LogP) is 4.22. The van der Waals surface area contributed by atoms with Crippen LogP contribution >= 0.6 is 0 Å². The number of aryl methyl sites for hydroxylation is 1. The van der Waals surface area contributed by atoms with E-state index in [0.717, 1.165) is 30.3 Å². The van der Waals surface area contributed by atoms with Gasteiger partial charge in [0.05, 0.1) is 17.7 Å². The largest absolute Gasteiger partial charge is 0.492 e. The second-order valence-electron chi connectivity index (χ2n) is 6.60. The van der Waals surface area contributed by atoms with Crippen molar-refractivity contribution in [1.29, 1.82) is 0 Å². The summed E-state index contributed by atoms with van der Waals surface area (Å²) in [5.74, 6) is 1.33. The van der Waals surface area contributed by atoms with E-state index >= 15 is 0 Å². The third-order valence-corrected chi connectivity index (χ3v) is 4.82. The Labute approximate surface area is 137 Å². The lowest BCUT2D eigenvalue weighted by Crippen LogP contribution is -2.17. The number of hydrogen-bond donors (Lipinski definition) is 1. The van der Waals surface area contributed by atoms with Crippen molar-refractivity contribution in [3.8, 4) is 5.75 Å². The highest BCUT2D eigenvalue weighted by Gasteiger charge is 2.16. The van der Waals surface area contributed by atoms with E-state index in [1.54, 1.807) is 0 Å². The molecule has 1 aliphatic rings. The van der Waals surface area contributed by atoms with Gasteiger partial charge in [-0.3, -0.25) is 4.79 Å². The smallest absolute Gasteiger partial charge is 0.275 e. The van der Waals surface area contributed by atoms with E-state index in [4.69, 9.17) is 4.74 Å². The van der Waals surface area contributed by atoms with Crippen LogP contribution < -0.4 is 10.3 Å². The Morgan fingerprint density at radius 3 is 2.87 bits per heavy atom. The molecule has 0 atom stereocenters. The fourth-order valence-electron chi connectivity index (χ4n) is 3.46. The molecule has 4 heteroatoms. The van der Waals surface area contributed by atoms with Gasteiger partial charge in [-0.05, 0) is 37.7 Å². The molecule has 1 saturated carbocycles. The van der Waals surface area contributed by atoms with Crippen molar-refractivity contribution in [3.63, 3.8) is 0 Å². The average molecular weight is 314 g/mol. The van der Waals surface area contributed by atoms with E-state index < -0.39 is 0 Å². The third-order valence-electron chi connectivity index (χ3n) is 4.82. The molecule has 1 aliphatic carbocycles. The van der Waals surface area contributed by atoms with Crippen LogP contribution in [0.25, 0.3) is 10.8 Å². The van der Waals surface area contributed by atoms with Crippen molar-refractivity contribution in [2.75, 3.05) is 6.61 Å². The van der Waals surface area contributed by atoms with Gasteiger partial charge in [0.15, 0.2) is 0 Å². The number of aromatic nitrogens is 2. The molecular formula is C19H26N2O2. The van der Waals surface area contributed by atoms with Crippen LogP contribution in [-0.4, -0.2) is 16.8 Å². The zero-order chi connectivity index (χ0) is 16.1. The van der Waals surface area contributed by atoms with Gasteiger partial charge in [-0.25, -0.2) is 5.10 Å². The number of fused-ring (bicyclic) bond motifs is 1. The quantitative estimate of drug-likeness (QED) is 0.868. The first-order valence-corrected chi connectivity index (χ1v) is 8.92. The molecule has 0 unspecified atom stereocenters. The van der Waals surface area contributed by atoms with Gasteiger partial charge in [-0.15, -0.1) is 0 Å². The molecule has 0 radical (unpaired) electrons. The Morgan fingerprint density at radius 2 is 2.09 bits per heavy atom. The fraction of sp³-hybridized carbons (Fsp3) is 0.579. The molecule has 1 heterocycles. The molecule has 23 heavy (non-hydrogen) atoms. The maximum atomic E-state index is 12.3. The minimum absolute atomic E-state index is 0.153. The summed E-state index contributed by atoms with van der Waals surface area (Å²) in [5, 5.41) is 8.48. The monoisotopic (exact) mass is 314 g/mol. The summed E-state index contributed by atoms with van der Waals surface area (Å²) in [6.45, 7) is 2.87. The summed E-state index contributed by atoms with van der Waals surface area (Å²) in [7, 11) is 0. The summed E-state index contributed by atoms with van der Waals surface area (Å²) in [4.78, 5) is 12.3. The highest BCUT2D eigenvalue weighted by Crippen LogP contribution is 2.28. The zero-order valence-electron chi connectivity index (χ0n) is 13.9. The summed E-state index contributed by atoms with van der Waals surface area (Å²) in [5.41, 5.74) is 0.809. The summed E-state index contributed by atoms with van der Waals surface area (Å²) >= 11 is 0. The molecule has 2 aromatic rings. The van der Waals surface area contributed by atoms with Gasteiger partial charge in [0.1, 0.15) is 5.75 Å². The minimum atomic E-state index is -0.153. The van der Waals surface area contributed by atoms with Crippen LogP contribution in [0.15, 0.2) is 23.0 Å². The van der Waals surface area contributed by atoms with E-state index in [1.807, 2.05) is 18.2 Å². The van der Waals surface area contributed by atoms with E-state index in [-0.39, 0.29) is 5.56 Å². The lowest BCUT2D eigenvalue weighted by Gasteiger charge is -2.22. The maximum absolute atomic E-state index is 12.3. The van der Waals surface area contributed by atoms with Gasteiger partial charge < -0.3 is 4.74 Å². The van der Waals surface area contributed by atoms with Crippen molar-refractivity contribution < 1.29 is 4.74 Å². The van der Waals surface area contributed by atoms with Gasteiger partial charge >= 0.3 is 0 Å². The molecule has 0 spiro atoms. The van der Waals surface area contributed by atoms with Gasteiger partial charge in [-0.1, -0.05) is 44.7 Å². The van der Waals surface area contributed by atoms with Crippen LogP contribution in [0.2, 0.25) is 0 Å². The molecule has 1 aromatic heterocycles. The number of rotatable bonds is 6. The first-order valence-electron chi connectivity index (χ1n) is 8.92. The standard InChI is InChI=1S/C19H26N2O2/c1-2-3-11-16-15-10-7-12-17(18(15)19(22)21-20-16)23-13-14-8-5-4-6-9-14/h7,10,12,14H,2-6,8-9,11,13H2,1H3,(H,21,22). The SMILES string of the molecule is CCCCc1n[nH]c(=O)c2c(OCC3CCCCC3)cccc12. The first-order chi connectivity index (χ1) is 11.3. The van der Waals surface area contributed by atoms with E-state index in [2.05, 4.69) is 17.1 Å². The molecule has 0 amide bonds. The number of unbranched alkanes of at least 4 members (excludes halogenated alkanes) is 1. The van der Waals surface area contributed by atoms with Crippen LogP contribution in [0.1, 0.15) is 57.6 Å². The minimum Gasteiger partial charge on any atom is -0.492 e. The van der Waals surface area contributed by atoms with Crippen LogP contribution in [-0.2, 0) is 6.42 Å². The molecule has 1 N–H and O–H groups in total. The number of benzene rings is 1. The van der Waals surface area contributed by atoms with Crippen LogP contribution in [0, 0.1) is 5.92 Å². The zero-order valence-corrected chi connectivity index (χ0v) is 13.9. The van der Waals surface area contributed by atoms with Crippen molar-refractivity contribution in [3.05, 3.63) is 34.2 Å². The Hall–Kier alpha value is -1.84. The molecule has 1 fully saturated rings. The normalized spacial score (nSPS) is 15.9. The number of aromatic amines is 1. The van der Waals surface area contributed by atoms with E-state index in [1.165, 1.54) is 32.1 Å². The summed E-state index contributed by atoms with van der Waals surface area (Å²) in [6.07, 6.45) is 9.49. The Bertz CT molecular complexity index is 702. The van der Waals surface area contributed by atoms with Crippen molar-refractivity contribution in [2.45, 2.75) is 58.3 Å². The fourth-order valence-corrected chi connectivity index (χ4v) is 3.46. The van der Waals surface area contributed by atoms with Crippen molar-refractivity contribution in [2.24, 2.45) is 5.92 Å². The molecule has 3 rings (SSSR count). The van der Waals surface area contributed by atoms with Crippen molar-refractivity contribution in [1.82, 2.24) is 10.2 Å². The van der Waals surface area contributed by atoms with Crippen LogP contribution in [0.4, 0.5) is 0 Å². The molecular weight excluding hydrogens is 288 g/mol. The van der Waals surface area contributed by atoms with E-state index in [0.29, 0.717) is 23.7 Å². The lowest BCUT2D eigenvalue weighted by atomic mass is 9.90. The summed E-state index contributed by atoms with van der Waals surface area (Å²) in [6, 6.07) is 5.86.